The zero-order valence-electron chi connectivity index (χ0n) is 27.6. The monoisotopic (exact) mass is 635 g/mol. The average molecular weight is 636 g/mol. The van der Waals surface area contributed by atoms with Gasteiger partial charge in [-0.1, -0.05) is 60.7 Å². The summed E-state index contributed by atoms with van der Waals surface area (Å²) >= 11 is 0. The van der Waals surface area contributed by atoms with Crippen LogP contribution in [0.2, 0.25) is 0 Å². The molecule has 0 radical (unpaired) electrons. The third-order valence-corrected chi connectivity index (χ3v) is 8.16. The Labute approximate surface area is 274 Å². The summed E-state index contributed by atoms with van der Waals surface area (Å²) in [6.45, 7) is 10.1. The molecule has 0 saturated carbocycles. The number of aromatic nitrogens is 3. The quantitative estimate of drug-likeness (QED) is 0.197. The van der Waals surface area contributed by atoms with Crippen molar-refractivity contribution >= 4 is 22.8 Å². The standard InChI is InChI=1S/C37H41N5O5/c1-26-23-40(20-21-41(26)36(44)47-37(2,3)4)29-16-17-30-32(22-29)39(5)35(43)42(30)31-18-19-33(45-24-27-12-8-6-9-13-27)38-34(31)46-25-28-14-10-7-11-15-28/h6-19,22,26H,20-21,23-25H2,1-5H3/t26-/m1/s1. The molecule has 10 nitrogen and oxygen atoms in total. The van der Waals surface area contributed by atoms with E-state index in [9.17, 15) is 9.59 Å². The Hall–Kier alpha value is -5.25. The number of hydrogen-bond donors (Lipinski definition) is 0. The highest BCUT2D eigenvalue weighted by Crippen LogP contribution is 2.30. The minimum atomic E-state index is -0.547. The largest absolute Gasteiger partial charge is 0.473 e. The van der Waals surface area contributed by atoms with Gasteiger partial charge in [-0.3, -0.25) is 9.13 Å². The van der Waals surface area contributed by atoms with Crippen LogP contribution in [0.4, 0.5) is 10.5 Å². The van der Waals surface area contributed by atoms with Crippen LogP contribution in [-0.4, -0.2) is 56.4 Å². The van der Waals surface area contributed by atoms with Crippen LogP contribution in [-0.2, 0) is 25.0 Å². The van der Waals surface area contributed by atoms with Gasteiger partial charge in [0.25, 0.3) is 0 Å². The predicted molar refractivity (Wildman–Crippen MR) is 182 cm³/mol. The number of anilines is 1. The molecule has 3 heterocycles. The second kappa shape index (κ2) is 13.2. The first-order valence-electron chi connectivity index (χ1n) is 15.9. The van der Waals surface area contributed by atoms with E-state index in [1.54, 1.807) is 27.1 Å². The lowest BCUT2D eigenvalue weighted by Gasteiger charge is -2.41. The maximum Gasteiger partial charge on any atom is 0.410 e. The first kappa shape index (κ1) is 31.7. The Morgan fingerprint density at radius 1 is 0.851 bits per heavy atom. The highest BCUT2D eigenvalue weighted by Gasteiger charge is 2.31. The maximum absolute atomic E-state index is 13.8. The van der Waals surface area contributed by atoms with Gasteiger partial charge in [0.15, 0.2) is 0 Å². The molecule has 6 rings (SSSR count). The molecule has 1 aliphatic rings. The van der Waals surface area contributed by atoms with E-state index in [1.807, 2.05) is 113 Å². The van der Waals surface area contributed by atoms with Gasteiger partial charge in [0.05, 0.1) is 11.0 Å². The Morgan fingerprint density at radius 2 is 1.51 bits per heavy atom. The molecule has 1 atom stereocenters. The zero-order chi connectivity index (χ0) is 33.1. The molecule has 0 N–H and O–H groups in total. The predicted octanol–water partition coefficient (Wildman–Crippen LogP) is 6.33. The third-order valence-electron chi connectivity index (χ3n) is 8.16. The molecule has 47 heavy (non-hydrogen) atoms. The number of nitrogens with zero attached hydrogens (tertiary/aromatic N) is 5. The van der Waals surface area contributed by atoms with Crippen LogP contribution in [0, 0.1) is 0 Å². The van der Waals surface area contributed by atoms with Gasteiger partial charge < -0.3 is 24.0 Å². The van der Waals surface area contributed by atoms with Crippen molar-refractivity contribution < 1.29 is 19.0 Å². The summed E-state index contributed by atoms with van der Waals surface area (Å²) < 4.78 is 21.2. The van der Waals surface area contributed by atoms with Crippen molar-refractivity contribution in [2.24, 2.45) is 7.05 Å². The van der Waals surface area contributed by atoms with Crippen LogP contribution in [0.25, 0.3) is 16.7 Å². The summed E-state index contributed by atoms with van der Waals surface area (Å²) in [7, 11) is 1.77. The number of rotatable bonds is 8. The van der Waals surface area contributed by atoms with Crippen LogP contribution in [0.15, 0.2) is 95.8 Å². The first-order valence-corrected chi connectivity index (χ1v) is 15.9. The molecular formula is C37H41N5O5. The van der Waals surface area contributed by atoms with Gasteiger partial charge in [-0.25, -0.2) is 9.59 Å². The molecule has 1 amide bonds. The number of hydrogen-bond acceptors (Lipinski definition) is 7. The fourth-order valence-electron chi connectivity index (χ4n) is 5.77. The molecule has 10 heteroatoms. The summed E-state index contributed by atoms with van der Waals surface area (Å²) in [5.74, 6) is 0.695. The number of amides is 1. The molecule has 0 bridgehead atoms. The Kier molecular flexibility index (Phi) is 8.93. The number of piperazine rings is 1. The fourth-order valence-corrected chi connectivity index (χ4v) is 5.77. The van der Waals surface area contributed by atoms with Crippen LogP contribution in [0.1, 0.15) is 38.8 Å². The van der Waals surface area contributed by atoms with Crippen molar-refractivity contribution in [3.63, 3.8) is 0 Å². The zero-order valence-corrected chi connectivity index (χ0v) is 27.6. The van der Waals surface area contributed by atoms with E-state index in [0.717, 1.165) is 27.8 Å². The van der Waals surface area contributed by atoms with Crippen molar-refractivity contribution in [1.82, 2.24) is 19.0 Å². The van der Waals surface area contributed by atoms with E-state index in [2.05, 4.69) is 4.90 Å². The smallest absolute Gasteiger partial charge is 0.410 e. The lowest BCUT2D eigenvalue weighted by molar-refractivity contribution is 0.0159. The SMILES string of the molecule is C[C@@H]1CN(c2ccc3c(c2)n(C)c(=O)n3-c2ccc(OCc3ccccc3)nc2OCc2ccccc2)CCN1C(=O)OC(C)(C)C. The lowest BCUT2D eigenvalue weighted by atomic mass is 10.1. The molecule has 0 spiro atoms. The minimum absolute atomic E-state index is 0.0410. The molecule has 1 fully saturated rings. The van der Waals surface area contributed by atoms with Crippen molar-refractivity contribution in [3.05, 3.63) is 113 Å². The summed E-state index contributed by atoms with van der Waals surface area (Å²) in [4.78, 5) is 35.3. The lowest BCUT2D eigenvalue weighted by Crippen LogP contribution is -2.55. The average Bonchev–Trinajstić information content (AvgIpc) is 3.31. The van der Waals surface area contributed by atoms with E-state index in [0.29, 0.717) is 43.7 Å². The second-order valence-electron chi connectivity index (χ2n) is 12.8. The molecule has 1 aliphatic heterocycles. The van der Waals surface area contributed by atoms with E-state index in [4.69, 9.17) is 19.2 Å². The maximum atomic E-state index is 13.8. The van der Waals surface area contributed by atoms with Crippen molar-refractivity contribution in [2.75, 3.05) is 24.5 Å². The normalized spacial score (nSPS) is 15.1. The summed E-state index contributed by atoms with van der Waals surface area (Å²) in [6.07, 6.45) is -0.296. The van der Waals surface area contributed by atoms with E-state index in [1.165, 1.54) is 0 Å². The summed E-state index contributed by atoms with van der Waals surface area (Å²) in [6, 6.07) is 29.2. The number of fused-ring (bicyclic) bond motifs is 1. The number of benzene rings is 3. The van der Waals surface area contributed by atoms with E-state index >= 15 is 0 Å². The fraction of sp³-hybridized carbons (Fsp3) is 0.324. The van der Waals surface area contributed by atoms with Gasteiger partial charge in [0.1, 0.15) is 24.5 Å². The van der Waals surface area contributed by atoms with Crippen LogP contribution in [0.3, 0.4) is 0 Å². The third kappa shape index (κ3) is 7.11. The molecule has 3 aromatic carbocycles. The molecular weight excluding hydrogens is 594 g/mol. The van der Waals surface area contributed by atoms with Crippen LogP contribution in [0.5, 0.6) is 11.8 Å². The highest BCUT2D eigenvalue weighted by molar-refractivity contribution is 5.83. The van der Waals surface area contributed by atoms with Crippen molar-refractivity contribution in [3.8, 4) is 17.4 Å². The Balaban J connectivity index is 1.29. The van der Waals surface area contributed by atoms with Crippen molar-refractivity contribution in [2.45, 2.75) is 52.6 Å². The van der Waals surface area contributed by atoms with Gasteiger partial charge in [0, 0.05) is 44.5 Å². The van der Waals surface area contributed by atoms with Gasteiger partial charge >= 0.3 is 11.8 Å². The van der Waals surface area contributed by atoms with E-state index in [-0.39, 0.29) is 24.4 Å². The number of pyridine rings is 1. The van der Waals surface area contributed by atoms with Crippen LogP contribution >= 0.6 is 0 Å². The van der Waals surface area contributed by atoms with Gasteiger partial charge in [0.2, 0.25) is 11.8 Å². The minimum Gasteiger partial charge on any atom is -0.473 e. The molecule has 5 aromatic rings. The number of aryl methyl sites for hydroxylation is 1. The first-order chi connectivity index (χ1) is 22.6. The molecule has 244 valence electrons. The summed E-state index contributed by atoms with van der Waals surface area (Å²) in [5.41, 5.74) is 4.23. The number of carbonyl (C=O) groups excluding carboxylic acids is 1. The van der Waals surface area contributed by atoms with Gasteiger partial charge in [-0.2, -0.15) is 4.98 Å². The molecule has 2 aromatic heterocycles. The Bertz CT molecular complexity index is 1910. The van der Waals surface area contributed by atoms with Crippen LogP contribution < -0.4 is 20.1 Å². The molecule has 1 saturated heterocycles. The van der Waals surface area contributed by atoms with Gasteiger partial charge in [-0.05, 0) is 63.1 Å². The highest BCUT2D eigenvalue weighted by atomic mass is 16.6. The number of imidazole rings is 1. The topological polar surface area (TPSA) is 91.1 Å². The number of ether oxygens (including phenoxy) is 3. The van der Waals surface area contributed by atoms with Crippen molar-refractivity contribution in [1.29, 1.82) is 0 Å². The Morgan fingerprint density at radius 3 is 2.15 bits per heavy atom. The van der Waals surface area contributed by atoms with Gasteiger partial charge in [-0.15, -0.1) is 0 Å². The second-order valence-corrected chi connectivity index (χ2v) is 12.8. The summed E-state index contributed by atoms with van der Waals surface area (Å²) in [5, 5.41) is 0. The molecule has 0 unspecified atom stereocenters. The number of carbonyl (C=O) groups is 1. The van der Waals surface area contributed by atoms with E-state index < -0.39 is 5.60 Å². The molecule has 0 aliphatic carbocycles.